The van der Waals surface area contributed by atoms with Crippen LogP contribution in [-0.2, 0) is 5.75 Å². The number of aryl methyl sites for hydroxylation is 1. The minimum atomic E-state index is 0.422. The maximum Gasteiger partial charge on any atom is 0.0897 e. The van der Waals surface area contributed by atoms with Gasteiger partial charge in [-0.15, -0.1) is 23.1 Å². The lowest BCUT2D eigenvalue weighted by Gasteiger charge is -2.12. The van der Waals surface area contributed by atoms with Gasteiger partial charge in [0.05, 0.1) is 10.7 Å². The van der Waals surface area contributed by atoms with Gasteiger partial charge in [-0.2, -0.15) is 0 Å². The monoisotopic (exact) mass is 292 g/mol. The van der Waals surface area contributed by atoms with E-state index in [4.69, 9.17) is 0 Å². The molecule has 0 spiro atoms. The lowest BCUT2D eigenvalue weighted by molar-refractivity contribution is 0.598. The number of hydrogen-bond acceptors (Lipinski definition) is 4. The van der Waals surface area contributed by atoms with Gasteiger partial charge in [0.1, 0.15) is 0 Å². The Balaban J connectivity index is 1.91. The van der Waals surface area contributed by atoms with Gasteiger partial charge in [-0.25, -0.2) is 4.98 Å². The van der Waals surface area contributed by atoms with Crippen LogP contribution >= 0.6 is 23.1 Å². The molecule has 0 aliphatic carbocycles. The SMILES string of the molecule is CCNC(C)c1ccc(SCc2csc(C)n2)cc1. The van der Waals surface area contributed by atoms with E-state index in [-0.39, 0.29) is 0 Å². The number of thiazole rings is 1. The van der Waals surface area contributed by atoms with E-state index in [9.17, 15) is 0 Å². The molecular weight excluding hydrogens is 272 g/mol. The van der Waals surface area contributed by atoms with Gasteiger partial charge < -0.3 is 5.32 Å². The Morgan fingerprint density at radius 1 is 1.32 bits per heavy atom. The third-order valence-corrected chi connectivity index (χ3v) is 4.81. The fraction of sp³-hybridized carbons (Fsp3) is 0.400. The van der Waals surface area contributed by atoms with E-state index in [1.165, 1.54) is 16.2 Å². The Morgan fingerprint density at radius 2 is 2.05 bits per heavy atom. The molecule has 0 radical (unpaired) electrons. The molecule has 0 saturated heterocycles. The fourth-order valence-corrected chi connectivity index (χ4v) is 3.42. The topological polar surface area (TPSA) is 24.9 Å². The zero-order valence-electron chi connectivity index (χ0n) is 11.6. The summed E-state index contributed by atoms with van der Waals surface area (Å²) in [5.41, 5.74) is 2.52. The van der Waals surface area contributed by atoms with Crippen molar-refractivity contribution < 1.29 is 0 Å². The van der Waals surface area contributed by atoms with Gasteiger partial charge in [-0.1, -0.05) is 19.1 Å². The van der Waals surface area contributed by atoms with E-state index in [1.807, 2.05) is 11.8 Å². The van der Waals surface area contributed by atoms with Crippen LogP contribution in [0.2, 0.25) is 0 Å². The van der Waals surface area contributed by atoms with Crippen molar-refractivity contribution in [3.63, 3.8) is 0 Å². The van der Waals surface area contributed by atoms with Crippen LogP contribution in [0.3, 0.4) is 0 Å². The van der Waals surface area contributed by atoms with Crippen LogP contribution in [0.5, 0.6) is 0 Å². The highest BCUT2D eigenvalue weighted by atomic mass is 32.2. The van der Waals surface area contributed by atoms with Crippen molar-refractivity contribution in [3.05, 3.63) is 45.9 Å². The van der Waals surface area contributed by atoms with Crippen molar-refractivity contribution in [2.75, 3.05) is 6.54 Å². The van der Waals surface area contributed by atoms with Crippen molar-refractivity contribution in [2.24, 2.45) is 0 Å². The summed E-state index contributed by atoms with van der Waals surface area (Å²) in [4.78, 5) is 5.79. The average Bonchev–Trinajstić information content (AvgIpc) is 2.83. The second kappa shape index (κ2) is 7.08. The Kier molecular flexibility index (Phi) is 5.43. The van der Waals surface area contributed by atoms with Crippen molar-refractivity contribution >= 4 is 23.1 Å². The smallest absolute Gasteiger partial charge is 0.0897 e. The zero-order valence-corrected chi connectivity index (χ0v) is 13.3. The lowest BCUT2D eigenvalue weighted by Crippen LogP contribution is -2.17. The summed E-state index contributed by atoms with van der Waals surface area (Å²) in [5, 5.41) is 6.71. The number of rotatable bonds is 6. The summed E-state index contributed by atoms with van der Waals surface area (Å²) in [6.45, 7) is 7.39. The summed E-state index contributed by atoms with van der Waals surface area (Å²) in [6.07, 6.45) is 0. The maximum absolute atomic E-state index is 4.48. The molecule has 2 aromatic rings. The molecule has 0 saturated carbocycles. The second-order valence-electron chi connectivity index (χ2n) is 4.49. The van der Waals surface area contributed by atoms with Gasteiger partial charge in [0.25, 0.3) is 0 Å². The van der Waals surface area contributed by atoms with Gasteiger partial charge in [-0.05, 0) is 38.1 Å². The predicted octanol–water partition coefficient (Wildman–Crippen LogP) is 4.41. The van der Waals surface area contributed by atoms with Crippen molar-refractivity contribution in [2.45, 2.75) is 37.5 Å². The summed E-state index contributed by atoms with van der Waals surface area (Å²) in [6, 6.07) is 9.24. The first-order valence-corrected chi connectivity index (χ1v) is 8.42. The molecule has 1 aromatic heterocycles. The number of nitrogens with one attached hydrogen (secondary N) is 1. The number of thioether (sulfide) groups is 1. The van der Waals surface area contributed by atoms with Crippen molar-refractivity contribution in [1.82, 2.24) is 10.3 Å². The highest BCUT2D eigenvalue weighted by Gasteiger charge is 2.04. The standard InChI is InChI=1S/C15H20N2S2/c1-4-16-11(2)13-5-7-15(8-6-13)19-10-14-9-18-12(3)17-14/h5-9,11,16H,4,10H2,1-3H3. The predicted molar refractivity (Wildman–Crippen MR) is 84.9 cm³/mol. The van der Waals surface area contributed by atoms with Crippen LogP contribution in [0.1, 0.15) is 36.2 Å². The van der Waals surface area contributed by atoms with Gasteiger partial charge >= 0.3 is 0 Å². The molecule has 1 heterocycles. The minimum absolute atomic E-state index is 0.422. The summed E-state index contributed by atoms with van der Waals surface area (Å²) < 4.78 is 0. The van der Waals surface area contributed by atoms with Crippen LogP contribution in [0.4, 0.5) is 0 Å². The number of aromatic nitrogens is 1. The molecule has 102 valence electrons. The summed E-state index contributed by atoms with van der Waals surface area (Å²) in [5.74, 6) is 0.951. The highest BCUT2D eigenvalue weighted by molar-refractivity contribution is 7.98. The van der Waals surface area contributed by atoms with Gasteiger partial charge in [-0.3, -0.25) is 0 Å². The van der Waals surface area contributed by atoms with Crippen LogP contribution in [-0.4, -0.2) is 11.5 Å². The van der Waals surface area contributed by atoms with Crippen LogP contribution in [0.15, 0.2) is 34.5 Å². The molecule has 1 aromatic carbocycles. The molecule has 2 rings (SSSR count). The van der Waals surface area contributed by atoms with Crippen LogP contribution in [0, 0.1) is 6.92 Å². The first kappa shape index (κ1) is 14.6. The molecule has 1 N–H and O–H groups in total. The van der Waals surface area contributed by atoms with Crippen molar-refractivity contribution in [1.29, 1.82) is 0 Å². The third-order valence-electron chi connectivity index (χ3n) is 2.94. The van der Waals surface area contributed by atoms with Gasteiger partial charge in [0.15, 0.2) is 0 Å². The van der Waals surface area contributed by atoms with E-state index in [1.54, 1.807) is 11.3 Å². The molecule has 4 heteroatoms. The summed E-state index contributed by atoms with van der Waals surface area (Å²) >= 11 is 3.56. The van der Waals surface area contributed by atoms with E-state index >= 15 is 0 Å². The van der Waals surface area contributed by atoms with Gasteiger partial charge in [0.2, 0.25) is 0 Å². The zero-order chi connectivity index (χ0) is 13.7. The van der Waals surface area contributed by atoms with E-state index < -0.39 is 0 Å². The van der Waals surface area contributed by atoms with Gasteiger partial charge in [0, 0.05) is 22.1 Å². The Labute approximate surface area is 123 Å². The third kappa shape index (κ3) is 4.34. The highest BCUT2D eigenvalue weighted by Crippen LogP contribution is 2.25. The minimum Gasteiger partial charge on any atom is -0.310 e. The van der Waals surface area contributed by atoms with E-state index in [0.29, 0.717) is 6.04 Å². The molecule has 0 aliphatic rings. The van der Waals surface area contributed by atoms with Crippen molar-refractivity contribution in [3.8, 4) is 0 Å². The first-order chi connectivity index (χ1) is 9.19. The molecule has 1 unspecified atom stereocenters. The summed E-state index contributed by atoms with van der Waals surface area (Å²) in [7, 11) is 0. The average molecular weight is 292 g/mol. The number of hydrogen-bond donors (Lipinski definition) is 1. The molecular formula is C15H20N2S2. The lowest BCUT2D eigenvalue weighted by atomic mass is 10.1. The Hall–Kier alpha value is -0.840. The largest absolute Gasteiger partial charge is 0.310 e. The van der Waals surface area contributed by atoms with Crippen LogP contribution < -0.4 is 5.32 Å². The maximum atomic E-state index is 4.48. The molecule has 1 atom stereocenters. The second-order valence-corrected chi connectivity index (χ2v) is 6.61. The molecule has 2 nitrogen and oxygen atoms in total. The normalized spacial score (nSPS) is 12.6. The molecule has 0 aliphatic heterocycles. The number of benzene rings is 1. The Bertz CT molecular complexity index is 505. The molecule has 19 heavy (non-hydrogen) atoms. The molecule has 0 fully saturated rings. The molecule has 0 amide bonds. The molecule has 0 bridgehead atoms. The van der Waals surface area contributed by atoms with Crippen LogP contribution in [0.25, 0.3) is 0 Å². The van der Waals surface area contributed by atoms with E-state index in [2.05, 4.69) is 60.7 Å². The first-order valence-electron chi connectivity index (χ1n) is 6.56. The quantitative estimate of drug-likeness (QED) is 0.798. The Morgan fingerprint density at radius 3 is 2.63 bits per heavy atom. The fourth-order valence-electron chi connectivity index (χ4n) is 1.91. The number of nitrogens with zero attached hydrogens (tertiary/aromatic N) is 1. The van der Waals surface area contributed by atoms with E-state index in [0.717, 1.165) is 17.3 Å².